The molecule has 0 unspecified atom stereocenters. The summed E-state index contributed by atoms with van der Waals surface area (Å²) >= 11 is 0. The second-order valence-corrected chi connectivity index (χ2v) is 3.79. The molecule has 1 saturated heterocycles. The van der Waals surface area contributed by atoms with Crippen LogP contribution in [0, 0.1) is 0 Å². The molecule has 1 aliphatic heterocycles. The highest BCUT2D eigenvalue weighted by Crippen LogP contribution is 2.32. The summed E-state index contributed by atoms with van der Waals surface area (Å²) in [4.78, 5) is 0. The Morgan fingerprint density at radius 1 is 1.13 bits per heavy atom. The van der Waals surface area contributed by atoms with Crippen molar-refractivity contribution in [2.45, 2.75) is 6.10 Å². The molecule has 0 aliphatic carbocycles. The fourth-order valence-electron chi connectivity index (χ4n) is 1.81. The van der Waals surface area contributed by atoms with Gasteiger partial charge in [-0.25, -0.2) is 0 Å². The van der Waals surface area contributed by atoms with Crippen LogP contribution in [0.2, 0.25) is 0 Å². The van der Waals surface area contributed by atoms with E-state index < -0.39 is 0 Å². The zero-order chi connectivity index (χ0) is 10.3. The van der Waals surface area contributed by atoms with Crippen LogP contribution in [0.1, 0.15) is 11.7 Å². The first-order chi connectivity index (χ1) is 7.36. The first-order valence-electron chi connectivity index (χ1n) is 5.06. The zero-order valence-corrected chi connectivity index (χ0v) is 8.57. The molecule has 0 N–H and O–H groups in total. The van der Waals surface area contributed by atoms with Crippen molar-refractivity contribution in [1.82, 2.24) is 0 Å². The average molecular weight is 200 g/mol. The Bertz CT molecular complexity index is 501. The van der Waals surface area contributed by atoms with Crippen LogP contribution in [0.25, 0.3) is 10.8 Å². The van der Waals surface area contributed by atoms with Gasteiger partial charge in [-0.15, -0.1) is 0 Å². The minimum Gasteiger partial charge on any atom is -0.497 e. The van der Waals surface area contributed by atoms with Crippen molar-refractivity contribution in [3.63, 3.8) is 0 Å². The second-order valence-electron chi connectivity index (χ2n) is 3.79. The SMILES string of the molecule is COc1ccc2cc([C@H]3CO3)ccc2c1. The minimum atomic E-state index is 0.330. The Hall–Kier alpha value is -1.54. The Morgan fingerprint density at radius 2 is 1.87 bits per heavy atom. The van der Waals surface area contributed by atoms with E-state index in [2.05, 4.69) is 24.3 Å². The second kappa shape index (κ2) is 3.24. The normalized spacial score (nSPS) is 19.1. The number of fused-ring (bicyclic) bond motifs is 1. The number of benzene rings is 2. The fraction of sp³-hybridized carbons (Fsp3) is 0.231. The number of methoxy groups -OCH3 is 1. The van der Waals surface area contributed by atoms with Gasteiger partial charge in [-0.2, -0.15) is 0 Å². The van der Waals surface area contributed by atoms with Crippen LogP contribution in [0.15, 0.2) is 36.4 Å². The third-order valence-electron chi connectivity index (χ3n) is 2.78. The molecule has 0 spiro atoms. The third kappa shape index (κ3) is 1.57. The van der Waals surface area contributed by atoms with Gasteiger partial charge >= 0.3 is 0 Å². The molecule has 0 bridgehead atoms. The van der Waals surface area contributed by atoms with Gasteiger partial charge in [0.25, 0.3) is 0 Å². The van der Waals surface area contributed by atoms with Gasteiger partial charge in [-0.3, -0.25) is 0 Å². The van der Waals surface area contributed by atoms with Gasteiger partial charge in [0.15, 0.2) is 0 Å². The molecule has 0 amide bonds. The van der Waals surface area contributed by atoms with Crippen LogP contribution >= 0.6 is 0 Å². The highest BCUT2D eigenvalue weighted by molar-refractivity contribution is 5.84. The van der Waals surface area contributed by atoms with Crippen molar-refractivity contribution in [3.8, 4) is 5.75 Å². The standard InChI is InChI=1S/C13H12O2/c1-14-12-5-4-9-6-11(13-8-15-13)3-2-10(9)7-12/h2-7,13H,8H2,1H3/t13-/m1/s1. The Morgan fingerprint density at radius 3 is 2.60 bits per heavy atom. The molecule has 0 radical (unpaired) electrons. The molecule has 2 aromatic rings. The van der Waals surface area contributed by atoms with Crippen LogP contribution < -0.4 is 4.74 Å². The van der Waals surface area contributed by atoms with E-state index in [4.69, 9.17) is 9.47 Å². The van der Waals surface area contributed by atoms with E-state index in [1.165, 1.54) is 16.3 Å². The van der Waals surface area contributed by atoms with Crippen molar-refractivity contribution in [2.75, 3.05) is 13.7 Å². The topological polar surface area (TPSA) is 21.8 Å². The van der Waals surface area contributed by atoms with Crippen molar-refractivity contribution >= 4 is 10.8 Å². The molecule has 2 nitrogen and oxygen atoms in total. The van der Waals surface area contributed by atoms with Crippen LogP contribution in [-0.2, 0) is 4.74 Å². The Balaban J connectivity index is 2.11. The summed E-state index contributed by atoms with van der Waals surface area (Å²) in [5.41, 5.74) is 1.27. The number of rotatable bonds is 2. The summed E-state index contributed by atoms with van der Waals surface area (Å²) < 4.78 is 10.5. The minimum absolute atomic E-state index is 0.330. The molecular formula is C13H12O2. The van der Waals surface area contributed by atoms with E-state index in [9.17, 15) is 0 Å². The molecule has 0 saturated carbocycles. The lowest BCUT2D eigenvalue weighted by Crippen LogP contribution is -1.84. The van der Waals surface area contributed by atoms with Gasteiger partial charge < -0.3 is 9.47 Å². The van der Waals surface area contributed by atoms with Crippen LogP contribution in [-0.4, -0.2) is 13.7 Å². The lowest BCUT2D eigenvalue weighted by Gasteiger charge is -2.03. The van der Waals surface area contributed by atoms with E-state index >= 15 is 0 Å². The molecule has 15 heavy (non-hydrogen) atoms. The van der Waals surface area contributed by atoms with Gasteiger partial charge in [-0.05, 0) is 34.5 Å². The molecule has 2 aromatic carbocycles. The predicted octanol–water partition coefficient (Wildman–Crippen LogP) is 2.92. The summed E-state index contributed by atoms with van der Waals surface area (Å²) in [6, 6.07) is 12.5. The predicted molar refractivity (Wildman–Crippen MR) is 59.2 cm³/mol. The van der Waals surface area contributed by atoms with Gasteiger partial charge in [0.1, 0.15) is 11.9 Å². The molecular weight excluding hydrogens is 188 g/mol. The maximum Gasteiger partial charge on any atom is 0.119 e. The largest absolute Gasteiger partial charge is 0.497 e. The van der Waals surface area contributed by atoms with E-state index in [0.717, 1.165) is 12.4 Å². The molecule has 2 heteroatoms. The molecule has 1 fully saturated rings. The summed E-state index contributed by atoms with van der Waals surface area (Å²) in [6.45, 7) is 0.863. The first-order valence-corrected chi connectivity index (χ1v) is 5.06. The zero-order valence-electron chi connectivity index (χ0n) is 8.57. The molecule has 1 atom stereocenters. The molecule has 1 heterocycles. The molecule has 76 valence electrons. The lowest BCUT2D eigenvalue weighted by atomic mass is 10.1. The van der Waals surface area contributed by atoms with Gasteiger partial charge in [0.2, 0.25) is 0 Å². The Kier molecular flexibility index (Phi) is 1.89. The summed E-state index contributed by atoms with van der Waals surface area (Å²) in [7, 11) is 1.69. The number of ether oxygens (including phenoxy) is 2. The van der Waals surface area contributed by atoms with E-state index in [1.54, 1.807) is 7.11 Å². The maximum atomic E-state index is 5.26. The number of hydrogen-bond acceptors (Lipinski definition) is 2. The highest BCUT2D eigenvalue weighted by atomic mass is 16.6. The fourth-order valence-corrected chi connectivity index (χ4v) is 1.81. The summed E-state index contributed by atoms with van der Waals surface area (Å²) in [5.74, 6) is 0.901. The molecule has 3 rings (SSSR count). The van der Waals surface area contributed by atoms with Gasteiger partial charge in [0.05, 0.1) is 13.7 Å². The van der Waals surface area contributed by atoms with Crippen molar-refractivity contribution in [2.24, 2.45) is 0 Å². The quantitative estimate of drug-likeness (QED) is 0.695. The first kappa shape index (κ1) is 8.74. The maximum absolute atomic E-state index is 5.26. The third-order valence-corrected chi connectivity index (χ3v) is 2.78. The smallest absolute Gasteiger partial charge is 0.119 e. The monoisotopic (exact) mass is 200 g/mol. The summed E-state index contributed by atoms with van der Waals surface area (Å²) in [5, 5.41) is 2.45. The highest BCUT2D eigenvalue weighted by Gasteiger charge is 2.24. The number of epoxide rings is 1. The summed E-state index contributed by atoms with van der Waals surface area (Å²) in [6.07, 6.45) is 0.330. The van der Waals surface area contributed by atoms with Crippen molar-refractivity contribution in [3.05, 3.63) is 42.0 Å². The van der Waals surface area contributed by atoms with Crippen molar-refractivity contribution in [1.29, 1.82) is 0 Å². The van der Waals surface area contributed by atoms with Gasteiger partial charge in [-0.1, -0.05) is 18.2 Å². The van der Waals surface area contributed by atoms with Crippen LogP contribution in [0.5, 0.6) is 5.75 Å². The van der Waals surface area contributed by atoms with Crippen LogP contribution in [0.4, 0.5) is 0 Å². The van der Waals surface area contributed by atoms with E-state index in [0.29, 0.717) is 6.10 Å². The van der Waals surface area contributed by atoms with Crippen LogP contribution in [0.3, 0.4) is 0 Å². The average Bonchev–Trinajstić information content (AvgIpc) is 3.11. The molecule has 1 aliphatic rings. The van der Waals surface area contributed by atoms with E-state index in [1.807, 2.05) is 12.1 Å². The molecule has 0 aromatic heterocycles. The number of hydrogen-bond donors (Lipinski definition) is 0. The Labute approximate surface area is 88.4 Å². The van der Waals surface area contributed by atoms with Gasteiger partial charge in [0, 0.05) is 0 Å². The van der Waals surface area contributed by atoms with E-state index in [-0.39, 0.29) is 0 Å². The lowest BCUT2D eigenvalue weighted by molar-refractivity contribution is 0.415. The van der Waals surface area contributed by atoms with Crippen molar-refractivity contribution < 1.29 is 9.47 Å².